The van der Waals surface area contributed by atoms with E-state index in [1.54, 1.807) is 11.9 Å². The van der Waals surface area contributed by atoms with Crippen molar-refractivity contribution in [2.75, 3.05) is 26.7 Å². The molecule has 0 N–H and O–H groups in total. The van der Waals surface area contributed by atoms with Crippen LogP contribution < -0.4 is 0 Å². The van der Waals surface area contributed by atoms with Gasteiger partial charge in [-0.2, -0.15) is 5.10 Å². The molecule has 2 aliphatic heterocycles. The van der Waals surface area contributed by atoms with E-state index in [2.05, 4.69) is 5.10 Å². The molecule has 5 rings (SSSR count). The smallest absolute Gasteiger partial charge is 0.410 e. The summed E-state index contributed by atoms with van der Waals surface area (Å²) in [5.41, 5.74) is 1.30. The molecule has 0 radical (unpaired) electrons. The summed E-state index contributed by atoms with van der Waals surface area (Å²) in [5, 5.41) is 5.65. The average Bonchev–Trinajstić information content (AvgIpc) is 3.36. The fourth-order valence-corrected chi connectivity index (χ4v) is 5.48. The van der Waals surface area contributed by atoms with Crippen LogP contribution in [0.1, 0.15) is 28.2 Å². The second-order valence-corrected chi connectivity index (χ2v) is 8.93. The number of nitrogens with zero attached hydrogens (tertiary/aromatic N) is 4. The molecule has 3 aromatic rings. The number of piperidine rings is 1. The molecule has 0 bridgehead atoms. The Labute approximate surface area is 172 Å². The minimum absolute atomic E-state index is 0.00473. The number of carbonyl (C=O) groups is 2. The van der Waals surface area contributed by atoms with Gasteiger partial charge in [0.2, 0.25) is 0 Å². The summed E-state index contributed by atoms with van der Waals surface area (Å²) in [7, 11) is 1.74. The van der Waals surface area contributed by atoms with E-state index < -0.39 is 5.60 Å². The lowest BCUT2D eigenvalue weighted by atomic mass is 9.92. The van der Waals surface area contributed by atoms with Crippen molar-refractivity contribution in [2.24, 2.45) is 0 Å². The van der Waals surface area contributed by atoms with E-state index in [1.807, 2.05) is 52.9 Å². The van der Waals surface area contributed by atoms with Crippen LogP contribution in [0.5, 0.6) is 0 Å². The minimum Gasteiger partial charge on any atom is -0.439 e. The summed E-state index contributed by atoms with van der Waals surface area (Å²) in [5.74, 6) is -0.00473. The predicted molar refractivity (Wildman–Crippen MR) is 111 cm³/mol. The Kier molecular flexibility index (Phi) is 4.13. The summed E-state index contributed by atoms with van der Waals surface area (Å²) < 4.78 is 7.54. The first-order valence-corrected chi connectivity index (χ1v) is 10.6. The molecule has 0 unspecified atom stereocenters. The zero-order valence-electron chi connectivity index (χ0n) is 16.4. The van der Waals surface area contributed by atoms with E-state index in [0.29, 0.717) is 24.5 Å². The van der Waals surface area contributed by atoms with Crippen LogP contribution in [0, 0.1) is 6.92 Å². The summed E-state index contributed by atoms with van der Waals surface area (Å²) in [4.78, 5) is 30.2. The molecule has 2 aliphatic rings. The van der Waals surface area contributed by atoms with Crippen molar-refractivity contribution in [3.8, 4) is 5.69 Å². The van der Waals surface area contributed by atoms with Crippen LogP contribution in [-0.4, -0.2) is 63.9 Å². The number of ether oxygens (including phenoxy) is 1. The molecule has 8 heteroatoms. The van der Waals surface area contributed by atoms with E-state index in [1.165, 1.54) is 11.3 Å². The number of para-hydroxylation sites is 1. The Morgan fingerprint density at radius 1 is 1.24 bits per heavy atom. The molecule has 1 spiro atoms. The molecule has 0 aliphatic carbocycles. The second kappa shape index (κ2) is 6.59. The molecule has 2 saturated heterocycles. The number of hydrogen-bond acceptors (Lipinski definition) is 5. The van der Waals surface area contributed by atoms with Gasteiger partial charge in [0.1, 0.15) is 10.4 Å². The fraction of sp³-hybridized carbons (Fsp3) is 0.381. The normalized spacial score (nSPS) is 21.9. The Morgan fingerprint density at radius 3 is 2.76 bits per heavy atom. The first-order chi connectivity index (χ1) is 14.0. The zero-order valence-corrected chi connectivity index (χ0v) is 17.2. The number of fused-ring (bicyclic) bond motifs is 1. The Hall–Kier alpha value is -2.87. The lowest BCUT2D eigenvalue weighted by Gasteiger charge is -2.38. The Balaban J connectivity index is 1.45. The largest absolute Gasteiger partial charge is 0.439 e. The third kappa shape index (κ3) is 2.98. The van der Waals surface area contributed by atoms with Crippen LogP contribution >= 0.6 is 11.3 Å². The minimum atomic E-state index is -0.576. The van der Waals surface area contributed by atoms with Gasteiger partial charge in [-0.15, -0.1) is 11.3 Å². The number of carbonyl (C=O) groups excluding carboxylic acids is 2. The topological polar surface area (TPSA) is 67.7 Å². The van der Waals surface area contributed by atoms with Gasteiger partial charge < -0.3 is 14.5 Å². The number of amides is 2. The maximum atomic E-state index is 13.3. The molecule has 2 amide bonds. The van der Waals surface area contributed by atoms with E-state index in [-0.39, 0.29) is 12.0 Å². The molecule has 0 saturated carbocycles. The highest BCUT2D eigenvalue weighted by molar-refractivity contribution is 7.20. The van der Waals surface area contributed by atoms with Gasteiger partial charge in [0.05, 0.1) is 29.3 Å². The van der Waals surface area contributed by atoms with Gasteiger partial charge in [0.15, 0.2) is 0 Å². The molecule has 29 heavy (non-hydrogen) atoms. The standard InChI is InChI=1S/C21H22N4O3S/c1-14-16-11-17(29-19(16)25(22-14)15-7-4-3-5-8-15)18(26)24-10-6-9-21(13-24)12-23(2)20(27)28-21/h3-5,7-8,11H,6,9-10,12-13H2,1-2H3/t21-/m0/s1. The average molecular weight is 410 g/mol. The summed E-state index contributed by atoms with van der Waals surface area (Å²) in [6.07, 6.45) is 1.32. The van der Waals surface area contributed by atoms with Crippen molar-refractivity contribution in [2.45, 2.75) is 25.4 Å². The second-order valence-electron chi connectivity index (χ2n) is 7.90. The van der Waals surface area contributed by atoms with Gasteiger partial charge in [0.25, 0.3) is 5.91 Å². The van der Waals surface area contributed by atoms with Gasteiger partial charge in [0, 0.05) is 19.0 Å². The number of hydrogen-bond donors (Lipinski definition) is 0. The number of aromatic nitrogens is 2. The van der Waals surface area contributed by atoms with Crippen LogP contribution in [0.15, 0.2) is 36.4 Å². The van der Waals surface area contributed by atoms with Crippen molar-refractivity contribution in [3.05, 3.63) is 47.0 Å². The monoisotopic (exact) mass is 410 g/mol. The first-order valence-electron chi connectivity index (χ1n) is 9.74. The first kappa shape index (κ1) is 18.2. The molecular formula is C21H22N4O3S. The predicted octanol–water partition coefficient (Wildman–Crippen LogP) is 3.45. The highest BCUT2D eigenvalue weighted by Gasteiger charge is 2.47. The molecular weight excluding hydrogens is 388 g/mol. The quantitative estimate of drug-likeness (QED) is 0.649. The molecule has 150 valence electrons. The summed E-state index contributed by atoms with van der Waals surface area (Å²) in [6, 6.07) is 11.9. The molecule has 1 atom stereocenters. The molecule has 4 heterocycles. The van der Waals surface area contributed by atoms with Gasteiger partial charge in [-0.1, -0.05) is 18.2 Å². The number of likely N-dealkylation sites (tertiary alicyclic amines) is 1. The van der Waals surface area contributed by atoms with E-state index in [0.717, 1.165) is 34.4 Å². The molecule has 7 nitrogen and oxygen atoms in total. The zero-order chi connectivity index (χ0) is 20.2. The highest BCUT2D eigenvalue weighted by Crippen LogP contribution is 2.35. The van der Waals surface area contributed by atoms with Crippen LogP contribution in [0.2, 0.25) is 0 Å². The summed E-state index contributed by atoms with van der Waals surface area (Å²) >= 11 is 1.46. The van der Waals surface area contributed by atoms with E-state index in [9.17, 15) is 9.59 Å². The van der Waals surface area contributed by atoms with Gasteiger partial charge in [-0.3, -0.25) is 4.79 Å². The van der Waals surface area contributed by atoms with Crippen LogP contribution in [0.4, 0.5) is 4.79 Å². The van der Waals surface area contributed by atoms with Crippen molar-refractivity contribution >= 4 is 33.6 Å². The van der Waals surface area contributed by atoms with Gasteiger partial charge in [-0.25, -0.2) is 9.48 Å². The maximum absolute atomic E-state index is 13.3. The lowest BCUT2D eigenvalue weighted by molar-refractivity contribution is -0.00503. The van der Waals surface area contributed by atoms with Crippen molar-refractivity contribution in [3.63, 3.8) is 0 Å². The number of aryl methyl sites for hydroxylation is 1. The van der Waals surface area contributed by atoms with Crippen molar-refractivity contribution in [1.82, 2.24) is 19.6 Å². The van der Waals surface area contributed by atoms with Crippen LogP contribution in [-0.2, 0) is 4.74 Å². The third-order valence-corrected chi connectivity index (χ3v) is 6.82. The highest BCUT2D eigenvalue weighted by atomic mass is 32.1. The molecule has 2 fully saturated rings. The Bertz CT molecular complexity index is 1110. The fourth-order valence-electron chi connectivity index (χ4n) is 4.33. The van der Waals surface area contributed by atoms with Crippen LogP contribution in [0.25, 0.3) is 15.9 Å². The van der Waals surface area contributed by atoms with E-state index >= 15 is 0 Å². The summed E-state index contributed by atoms with van der Waals surface area (Å²) in [6.45, 7) is 3.62. The molecule has 2 aromatic heterocycles. The molecule has 1 aromatic carbocycles. The number of benzene rings is 1. The van der Waals surface area contributed by atoms with E-state index in [4.69, 9.17) is 4.74 Å². The van der Waals surface area contributed by atoms with Gasteiger partial charge >= 0.3 is 6.09 Å². The third-order valence-electron chi connectivity index (χ3n) is 5.72. The number of rotatable bonds is 2. The SMILES string of the molecule is Cc1nn(-c2ccccc2)c2sc(C(=O)N3CCC[C@]4(CN(C)C(=O)O4)C3)cc12. The Morgan fingerprint density at radius 2 is 2.03 bits per heavy atom. The lowest BCUT2D eigenvalue weighted by Crippen LogP contribution is -2.52. The van der Waals surface area contributed by atoms with Crippen LogP contribution in [0.3, 0.4) is 0 Å². The van der Waals surface area contributed by atoms with Gasteiger partial charge in [-0.05, 0) is 38.0 Å². The maximum Gasteiger partial charge on any atom is 0.410 e. The number of likely N-dealkylation sites (N-methyl/N-ethyl adjacent to an activating group) is 1. The van der Waals surface area contributed by atoms with Crippen molar-refractivity contribution < 1.29 is 14.3 Å². The number of thiophene rings is 1. The van der Waals surface area contributed by atoms with Crippen molar-refractivity contribution in [1.29, 1.82) is 0 Å².